The number of rotatable bonds is 7. The summed E-state index contributed by atoms with van der Waals surface area (Å²) in [6, 6.07) is 6.81. The Hall–Kier alpha value is -1.06. The zero-order valence-corrected chi connectivity index (χ0v) is 13.1. The van der Waals surface area contributed by atoms with E-state index in [4.69, 9.17) is 0 Å². The molecule has 0 aliphatic carbocycles. The van der Waals surface area contributed by atoms with Gasteiger partial charge in [0.05, 0.1) is 0 Å². The molecule has 1 aromatic rings. The smallest absolute Gasteiger partial charge is 0.0482 e. The average Bonchev–Trinajstić information content (AvgIpc) is 2.79. The minimum Gasteiger partial charge on any atom is -0.396 e. The van der Waals surface area contributed by atoms with Crippen molar-refractivity contribution in [3.63, 3.8) is 0 Å². The van der Waals surface area contributed by atoms with Gasteiger partial charge in [0.15, 0.2) is 0 Å². The molecule has 0 amide bonds. The Kier molecular flexibility index (Phi) is 5.06. The van der Waals surface area contributed by atoms with E-state index in [2.05, 4.69) is 49.3 Å². The first-order chi connectivity index (χ1) is 9.52. The normalized spacial score (nSPS) is 14.7. The lowest BCUT2D eigenvalue weighted by molar-refractivity contribution is 0.148. The van der Waals surface area contributed by atoms with Crippen LogP contribution in [-0.2, 0) is 13.0 Å². The van der Waals surface area contributed by atoms with E-state index in [-0.39, 0.29) is 12.0 Å². The van der Waals surface area contributed by atoms with Crippen molar-refractivity contribution in [2.24, 2.45) is 5.41 Å². The summed E-state index contributed by atoms with van der Waals surface area (Å²) in [5, 5.41) is 12.7. The summed E-state index contributed by atoms with van der Waals surface area (Å²) in [6.45, 7) is 7.60. The largest absolute Gasteiger partial charge is 0.396 e. The van der Waals surface area contributed by atoms with Crippen molar-refractivity contribution in [1.82, 2.24) is 5.32 Å². The zero-order valence-electron chi connectivity index (χ0n) is 13.1. The molecule has 3 nitrogen and oxygen atoms in total. The fourth-order valence-corrected chi connectivity index (χ4v) is 2.73. The van der Waals surface area contributed by atoms with Gasteiger partial charge in [-0.15, -0.1) is 0 Å². The molecular formula is C17H28N2O. The van der Waals surface area contributed by atoms with Gasteiger partial charge in [-0.1, -0.05) is 26.0 Å². The molecule has 2 N–H and O–H groups in total. The Balaban J connectivity index is 1.73. The van der Waals surface area contributed by atoms with Gasteiger partial charge >= 0.3 is 0 Å². The second-order valence-electron chi connectivity index (χ2n) is 6.74. The summed E-state index contributed by atoms with van der Waals surface area (Å²) in [5.74, 6) is 0. The molecule has 1 aliphatic rings. The van der Waals surface area contributed by atoms with Gasteiger partial charge in [0.2, 0.25) is 0 Å². The summed E-state index contributed by atoms with van der Waals surface area (Å²) < 4.78 is 0. The van der Waals surface area contributed by atoms with Crippen LogP contribution in [0.5, 0.6) is 0 Å². The topological polar surface area (TPSA) is 35.5 Å². The predicted octanol–water partition coefficient (Wildman–Crippen LogP) is 2.57. The summed E-state index contributed by atoms with van der Waals surface area (Å²) >= 11 is 0. The van der Waals surface area contributed by atoms with Crippen LogP contribution in [0.2, 0.25) is 0 Å². The highest BCUT2D eigenvalue weighted by Crippen LogP contribution is 2.27. The minimum absolute atomic E-state index is 0.0554. The number of aliphatic hydroxyl groups excluding tert-OH is 1. The lowest BCUT2D eigenvalue weighted by atomic mass is 9.89. The molecule has 0 fully saturated rings. The molecule has 0 aromatic heterocycles. The quantitative estimate of drug-likeness (QED) is 0.751. The van der Waals surface area contributed by atoms with Gasteiger partial charge in [-0.3, -0.25) is 0 Å². The van der Waals surface area contributed by atoms with Gasteiger partial charge in [-0.25, -0.2) is 0 Å². The Labute approximate surface area is 123 Å². The van der Waals surface area contributed by atoms with Crippen LogP contribution in [0.1, 0.15) is 37.8 Å². The van der Waals surface area contributed by atoms with Gasteiger partial charge in [0, 0.05) is 32.4 Å². The molecule has 1 heterocycles. The van der Waals surface area contributed by atoms with Crippen LogP contribution in [0.15, 0.2) is 18.2 Å². The van der Waals surface area contributed by atoms with Crippen LogP contribution >= 0.6 is 0 Å². The highest BCUT2D eigenvalue weighted by atomic mass is 16.3. The van der Waals surface area contributed by atoms with Crippen LogP contribution in [0.25, 0.3) is 0 Å². The first-order valence-corrected chi connectivity index (χ1v) is 7.66. The fourth-order valence-electron chi connectivity index (χ4n) is 2.73. The van der Waals surface area contributed by atoms with E-state index in [9.17, 15) is 5.11 Å². The average molecular weight is 276 g/mol. The molecule has 20 heavy (non-hydrogen) atoms. The monoisotopic (exact) mass is 276 g/mol. The molecule has 0 unspecified atom stereocenters. The van der Waals surface area contributed by atoms with E-state index in [0.29, 0.717) is 0 Å². The molecule has 1 aromatic carbocycles. The third-order valence-corrected chi connectivity index (χ3v) is 4.24. The summed E-state index contributed by atoms with van der Waals surface area (Å²) in [6.07, 6.45) is 3.34. The number of hydrogen-bond acceptors (Lipinski definition) is 3. The SMILES string of the molecule is CN1CCc2cc(CNCCCC(C)(C)CO)ccc21. The van der Waals surface area contributed by atoms with E-state index < -0.39 is 0 Å². The number of nitrogens with one attached hydrogen (secondary N) is 1. The lowest BCUT2D eigenvalue weighted by Crippen LogP contribution is -2.21. The maximum absolute atomic E-state index is 9.22. The number of anilines is 1. The molecule has 0 atom stereocenters. The Bertz CT molecular complexity index is 443. The molecule has 0 saturated carbocycles. The molecule has 0 bridgehead atoms. The lowest BCUT2D eigenvalue weighted by Gasteiger charge is -2.21. The molecule has 1 aliphatic heterocycles. The van der Waals surface area contributed by atoms with E-state index >= 15 is 0 Å². The van der Waals surface area contributed by atoms with Crippen molar-refractivity contribution in [3.05, 3.63) is 29.3 Å². The number of fused-ring (bicyclic) bond motifs is 1. The van der Waals surface area contributed by atoms with E-state index in [1.165, 1.54) is 23.2 Å². The number of aliphatic hydroxyl groups is 1. The van der Waals surface area contributed by atoms with Gasteiger partial charge in [-0.05, 0) is 48.4 Å². The molecule has 0 radical (unpaired) electrons. The van der Waals surface area contributed by atoms with Crippen LogP contribution in [0, 0.1) is 5.41 Å². The Morgan fingerprint density at radius 2 is 2.15 bits per heavy atom. The van der Waals surface area contributed by atoms with Crippen LogP contribution in [0.3, 0.4) is 0 Å². The van der Waals surface area contributed by atoms with Crippen molar-refractivity contribution < 1.29 is 5.11 Å². The molecular weight excluding hydrogens is 248 g/mol. The number of benzene rings is 1. The minimum atomic E-state index is 0.0554. The van der Waals surface area contributed by atoms with E-state index in [1.54, 1.807) is 0 Å². The Morgan fingerprint density at radius 1 is 1.35 bits per heavy atom. The van der Waals surface area contributed by atoms with Gasteiger partial charge in [0.1, 0.15) is 0 Å². The van der Waals surface area contributed by atoms with Crippen molar-refractivity contribution >= 4 is 5.69 Å². The van der Waals surface area contributed by atoms with Crippen LogP contribution in [0.4, 0.5) is 5.69 Å². The molecule has 112 valence electrons. The highest BCUT2D eigenvalue weighted by molar-refractivity contribution is 5.58. The van der Waals surface area contributed by atoms with E-state index in [0.717, 1.165) is 32.5 Å². The molecule has 3 heteroatoms. The molecule has 0 saturated heterocycles. The van der Waals surface area contributed by atoms with Crippen molar-refractivity contribution in [2.75, 3.05) is 31.6 Å². The number of likely N-dealkylation sites (N-methyl/N-ethyl adjacent to an activating group) is 1. The van der Waals surface area contributed by atoms with Crippen LogP contribution in [-0.4, -0.2) is 31.9 Å². The van der Waals surface area contributed by atoms with Crippen molar-refractivity contribution in [1.29, 1.82) is 0 Å². The fraction of sp³-hybridized carbons (Fsp3) is 0.647. The standard InChI is InChI=1S/C17H28N2O/c1-17(2,13-20)8-4-9-18-12-14-5-6-16-15(11-14)7-10-19(16)3/h5-6,11,18,20H,4,7-10,12-13H2,1-3H3. The van der Waals surface area contributed by atoms with Crippen LogP contribution < -0.4 is 10.2 Å². The highest BCUT2D eigenvalue weighted by Gasteiger charge is 2.16. The van der Waals surface area contributed by atoms with Crippen molar-refractivity contribution in [2.45, 2.75) is 39.7 Å². The third kappa shape index (κ3) is 3.97. The van der Waals surface area contributed by atoms with Gasteiger partial charge in [0.25, 0.3) is 0 Å². The van der Waals surface area contributed by atoms with Gasteiger partial charge < -0.3 is 15.3 Å². The van der Waals surface area contributed by atoms with Gasteiger partial charge in [-0.2, -0.15) is 0 Å². The second-order valence-corrected chi connectivity index (χ2v) is 6.74. The predicted molar refractivity (Wildman–Crippen MR) is 85.2 cm³/mol. The zero-order chi connectivity index (χ0) is 14.6. The summed E-state index contributed by atoms with van der Waals surface area (Å²) in [5.41, 5.74) is 4.30. The first-order valence-electron chi connectivity index (χ1n) is 7.66. The van der Waals surface area contributed by atoms with Crippen molar-refractivity contribution in [3.8, 4) is 0 Å². The first kappa shape index (κ1) is 15.3. The second kappa shape index (κ2) is 6.59. The maximum atomic E-state index is 9.22. The number of nitrogens with zero attached hydrogens (tertiary/aromatic N) is 1. The molecule has 0 spiro atoms. The third-order valence-electron chi connectivity index (χ3n) is 4.24. The number of hydrogen-bond donors (Lipinski definition) is 2. The van der Waals surface area contributed by atoms with E-state index in [1.807, 2.05) is 0 Å². The summed E-state index contributed by atoms with van der Waals surface area (Å²) in [4.78, 5) is 2.32. The summed E-state index contributed by atoms with van der Waals surface area (Å²) in [7, 11) is 2.16. The Morgan fingerprint density at radius 3 is 2.90 bits per heavy atom. The maximum Gasteiger partial charge on any atom is 0.0482 e. The molecule has 2 rings (SSSR count).